The van der Waals surface area contributed by atoms with Crippen LogP contribution >= 0.6 is 0 Å². The Bertz CT molecular complexity index is 367. The van der Waals surface area contributed by atoms with Gasteiger partial charge in [-0.05, 0) is 52.1 Å². The largest absolute Gasteiger partial charge is 0.481 e. The zero-order chi connectivity index (χ0) is 15.2. The van der Waals surface area contributed by atoms with Gasteiger partial charge in [-0.2, -0.15) is 0 Å². The average molecular weight is 296 g/mol. The molecule has 21 heavy (non-hydrogen) atoms. The van der Waals surface area contributed by atoms with E-state index < -0.39 is 5.97 Å². The van der Waals surface area contributed by atoms with E-state index in [-0.39, 0.29) is 23.8 Å². The van der Waals surface area contributed by atoms with Crippen LogP contribution in [0, 0.1) is 11.8 Å². The van der Waals surface area contributed by atoms with E-state index >= 15 is 0 Å². The number of carboxylic acids is 1. The minimum absolute atomic E-state index is 0.0467. The van der Waals surface area contributed by atoms with E-state index in [1.54, 1.807) is 0 Å². The molecule has 2 fully saturated rings. The van der Waals surface area contributed by atoms with Gasteiger partial charge in [0.15, 0.2) is 0 Å². The Morgan fingerprint density at radius 2 is 1.81 bits per heavy atom. The van der Waals surface area contributed by atoms with Gasteiger partial charge in [0.1, 0.15) is 0 Å². The summed E-state index contributed by atoms with van der Waals surface area (Å²) in [5, 5.41) is 12.2. The Morgan fingerprint density at radius 3 is 2.48 bits per heavy atom. The van der Waals surface area contributed by atoms with E-state index in [4.69, 9.17) is 5.11 Å². The minimum Gasteiger partial charge on any atom is -0.481 e. The van der Waals surface area contributed by atoms with Crippen molar-refractivity contribution in [1.82, 2.24) is 10.2 Å². The van der Waals surface area contributed by atoms with Gasteiger partial charge in [-0.3, -0.25) is 9.59 Å². The summed E-state index contributed by atoms with van der Waals surface area (Å²) in [5.74, 6) is -1.17. The van der Waals surface area contributed by atoms with Crippen molar-refractivity contribution in [3.8, 4) is 0 Å². The number of carboxylic acid groups (broad SMARTS) is 1. The molecule has 1 aliphatic carbocycles. The Hall–Kier alpha value is -1.10. The standard InChI is InChI=1S/C16H28N2O3/c1-12(11-18-8-3-2-4-9-18)17-15(19)13-6-5-7-14(10-13)16(20)21/h12-14H,2-11H2,1H3,(H,17,19)(H,20,21). The Labute approximate surface area is 127 Å². The van der Waals surface area contributed by atoms with Crippen molar-refractivity contribution < 1.29 is 14.7 Å². The molecule has 2 aliphatic rings. The van der Waals surface area contributed by atoms with Gasteiger partial charge in [0.25, 0.3) is 0 Å². The molecule has 5 nitrogen and oxygen atoms in total. The summed E-state index contributed by atoms with van der Waals surface area (Å²) in [6.07, 6.45) is 6.70. The number of hydrogen-bond donors (Lipinski definition) is 2. The fourth-order valence-corrected chi connectivity index (χ4v) is 3.59. The highest BCUT2D eigenvalue weighted by Gasteiger charge is 2.31. The van der Waals surface area contributed by atoms with Gasteiger partial charge >= 0.3 is 5.97 Å². The molecular formula is C16H28N2O3. The van der Waals surface area contributed by atoms with E-state index in [9.17, 15) is 9.59 Å². The molecule has 5 heteroatoms. The van der Waals surface area contributed by atoms with Crippen molar-refractivity contribution >= 4 is 11.9 Å². The van der Waals surface area contributed by atoms with Crippen LogP contribution in [0.25, 0.3) is 0 Å². The molecule has 2 rings (SSSR count). The first kappa shape index (κ1) is 16.3. The molecule has 0 bridgehead atoms. The smallest absolute Gasteiger partial charge is 0.306 e. The number of likely N-dealkylation sites (tertiary alicyclic amines) is 1. The summed E-state index contributed by atoms with van der Waals surface area (Å²) >= 11 is 0. The van der Waals surface area contributed by atoms with E-state index in [1.807, 2.05) is 6.92 Å². The lowest BCUT2D eigenvalue weighted by atomic mass is 9.81. The van der Waals surface area contributed by atoms with Crippen LogP contribution in [-0.2, 0) is 9.59 Å². The normalized spacial score (nSPS) is 28.8. The van der Waals surface area contributed by atoms with Crippen LogP contribution in [-0.4, -0.2) is 47.6 Å². The van der Waals surface area contributed by atoms with Crippen molar-refractivity contribution in [2.45, 2.75) is 57.9 Å². The van der Waals surface area contributed by atoms with Crippen LogP contribution < -0.4 is 5.32 Å². The summed E-state index contributed by atoms with van der Waals surface area (Å²) in [4.78, 5) is 25.8. The topological polar surface area (TPSA) is 69.6 Å². The van der Waals surface area contributed by atoms with Crippen molar-refractivity contribution in [2.75, 3.05) is 19.6 Å². The number of carbonyl (C=O) groups excluding carboxylic acids is 1. The summed E-state index contributed by atoms with van der Waals surface area (Å²) in [7, 11) is 0. The zero-order valence-corrected chi connectivity index (χ0v) is 13.0. The molecule has 0 spiro atoms. The summed E-state index contributed by atoms with van der Waals surface area (Å²) in [5.41, 5.74) is 0. The SMILES string of the molecule is CC(CN1CCCCC1)NC(=O)C1CCCC(C(=O)O)C1. The van der Waals surface area contributed by atoms with Gasteiger partial charge in [0, 0.05) is 18.5 Å². The molecule has 0 radical (unpaired) electrons. The molecule has 1 amide bonds. The predicted octanol–water partition coefficient (Wildman–Crippen LogP) is 1.87. The molecule has 120 valence electrons. The second kappa shape index (κ2) is 7.78. The van der Waals surface area contributed by atoms with E-state index in [1.165, 1.54) is 19.3 Å². The maximum Gasteiger partial charge on any atom is 0.306 e. The Morgan fingerprint density at radius 1 is 1.14 bits per heavy atom. The van der Waals surface area contributed by atoms with Gasteiger partial charge < -0.3 is 15.3 Å². The molecule has 1 saturated heterocycles. The minimum atomic E-state index is -0.756. The number of aliphatic carboxylic acids is 1. The first-order valence-electron chi connectivity index (χ1n) is 8.32. The third-order valence-electron chi connectivity index (χ3n) is 4.76. The number of rotatable bonds is 5. The molecule has 1 heterocycles. The molecule has 3 atom stereocenters. The number of carbonyl (C=O) groups is 2. The summed E-state index contributed by atoms with van der Waals surface area (Å²) < 4.78 is 0. The van der Waals surface area contributed by atoms with E-state index in [0.717, 1.165) is 32.5 Å². The molecular weight excluding hydrogens is 268 g/mol. The van der Waals surface area contributed by atoms with E-state index in [0.29, 0.717) is 12.8 Å². The fourth-order valence-electron chi connectivity index (χ4n) is 3.59. The van der Waals surface area contributed by atoms with Gasteiger partial charge in [-0.1, -0.05) is 12.8 Å². The van der Waals surface area contributed by atoms with E-state index in [2.05, 4.69) is 10.2 Å². The second-order valence-corrected chi connectivity index (χ2v) is 6.67. The fraction of sp³-hybridized carbons (Fsp3) is 0.875. The van der Waals surface area contributed by atoms with Crippen LogP contribution in [0.3, 0.4) is 0 Å². The highest BCUT2D eigenvalue weighted by Crippen LogP contribution is 2.29. The van der Waals surface area contributed by atoms with Gasteiger partial charge in [0.05, 0.1) is 5.92 Å². The molecule has 3 unspecified atom stereocenters. The van der Waals surface area contributed by atoms with Crippen molar-refractivity contribution in [3.05, 3.63) is 0 Å². The predicted molar refractivity (Wildman–Crippen MR) is 81.0 cm³/mol. The van der Waals surface area contributed by atoms with Crippen LogP contribution in [0.15, 0.2) is 0 Å². The third-order valence-corrected chi connectivity index (χ3v) is 4.76. The molecule has 0 aromatic rings. The first-order valence-corrected chi connectivity index (χ1v) is 8.32. The molecule has 0 aromatic heterocycles. The van der Waals surface area contributed by atoms with Gasteiger partial charge in [0.2, 0.25) is 5.91 Å². The highest BCUT2D eigenvalue weighted by atomic mass is 16.4. The zero-order valence-electron chi connectivity index (χ0n) is 13.0. The second-order valence-electron chi connectivity index (χ2n) is 6.67. The lowest BCUT2D eigenvalue weighted by Gasteiger charge is -2.31. The number of nitrogens with one attached hydrogen (secondary N) is 1. The van der Waals surface area contributed by atoms with Crippen molar-refractivity contribution in [3.63, 3.8) is 0 Å². The highest BCUT2D eigenvalue weighted by molar-refractivity contribution is 5.80. The number of piperidine rings is 1. The van der Waals surface area contributed by atoms with Crippen molar-refractivity contribution in [2.24, 2.45) is 11.8 Å². The van der Waals surface area contributed by atoms with Gasteiger partial charge in [-0.15, -0.1) is 0 Å². The van der Waals surface area contributed by atoms with Gasteiger partial charge in [-0.25, -0.2) is 0 Å². The first-order chi connectivity index (χ1) is 10.1. The van der Waals surface area contributed by atoms with Crippen LogP contribution in [0.2, 0.25) is 0 Å². The lowest BCUT2D eigenvalue weighted by molar-refractivity contribution is -0.144. The third kappa shape index (κ3) is 4.99. The molecule has 0 aromatic carbocycles. The number of nitrogens with zero attached hydrogens (tertiary/aromatic N) is 1. The maximum absolute atomic E-state index is 12.3. The Kier molecular flexibility index (Phi) is 6.03. The lowest BCUT2D eigenvalue weighted by Crippen LogP contribution is -2.46. The quantitative estimate of drug-likeness (QED) is 0.812. The molecule has 1 saturated carbocycles. The summed E-state index contributed by atoms with van der Waals surface area (Å²) in [6.45, 7) is 5.21. The van der Waals surface area contributed by atoms with Crippen LogP contribution in [0.1, 0.15) is 51.9 Å². The maximum atomic E-state index is 12.3. The van der Waals surface area contributed by atoms with Crippen LogP contribution in [0.4, 0.5) is 0 Å². The summed E-state index contributed by atoms with van der Waals surface area (Å²) in [6, 6.07) is 0.140. The monoisotopic (exact) mass is 296 g/mol. The average Bonchev–Trinajstić information content (AvgIpc) is 2.48. The molecule has 1 aliphatic heterocycles. The number of amides is 1. The Balaban J connectivity index is 1.75. The molecule has 2 N–H and O–H groups in total. The number of hydrogen-bond acceptors (Lipinski definition) is 3. The van der Waals surface area contributed by atoms with Crippen molar-refractivity contribution in [1.29, 1.82) is 0 Å². The van der Waals surface area contributed by atoms with Crippen LogP contribution in [0.5, 0.6) is 0 Å².